The number of fused-ring (bicyclic) bond motifs is 1. The summed E-state index contributed by atoms with van der Waals surface area (Å²) in [6.07, 6.45) is 3.09. The molecule has 3 N–H and O–H groups in total. The maximum atomic E-state index is 14.5. The number of hydrogen-bond donors (Lipinski definition) is 3. The van der Waals surface area contributed by atoms with Gasteiger partial charge in [0.25, 0.3) is 11.8 Å². The highest BCUT2D eigenvalue weighted by Crippen LogP contribution is 2.29. The lowest BCUT2D eigenvalue weighted by Gasteiger charge is -2.29. The lowest BCUT2D eigenvalue weighted by atomic mass is 10.1. The summed E-state index contributed by atoms with van der Waals surface area (Å²) in [5.41, 5.74) is 5.81. The Kier molecular flexibility index (Phi) is 8.43. The molecule has 11 heteroatoms. The zero-order chi connectivity index (χ0) is 31.5. The summed E-state index contributed by atoms with van der Waals surface area (Å²) in [6, 6.07) is 19.4. The highest BCUT2D eigenvalue weighted by Gasteiger charge is 2.21. The van der Waals surface area contributed by atoms with Crippen molar-refractivity contribution in [2.45, 2.75) is 26.8 Å². The van der Waals surface area contributed by atoms with Crippen molar-refractivity contribution in [1.29, 1.82) is 0 Å². The third-order valence-electron chi connectivity index (χ3n) is 7.99. The van der Waals surface area contributed by atoms with Gasteiger partial charge in [-0.15, -0.1) is 0 Å². The van der Waals surface area contributed by atoms with E-state index in [1.807, 2.05) is 62.1 Å². The molecule has 5 aromatic rings. The first-order valence-electron chi connectivity index (χ1n) is 14.8. The topological polar surface area (TPSA) is 113 Å². The monoisotopic (exact) mass is 607 g/mol. The first-order valence-corrected chi connectivity index (χ1v) is 14.8. The van der Waals surface area contributed by atoms with Gasteiger partial charge in [0, 0.05) is 41.9 Å². The summed E-state index contributed by atoms with van der Waals surface area (Å²) in [6.45, 7) is 8.15. The highest BCUT2D eigenvalue weighted by atomic mass is 19.1. The van der Waals surface area contributed by atoms with Crippen molar-refractivity contribution >= 4 is 40.2 Å². The summed E-state index contributed by atoms with van der Waals surface area (Å²) in [7, 11) is 0. The molecule has 0 spiro atoms. The average Bonchev–Trinajstić information content (AvgIpc) is 3.39. The lowest BCUT2D eigenvalue weighted by molar-refractivity contribution is 0.0938. The van der Waals surface area contributed by atoms with Gasteiger partial charge in [0.05, 0.1) is 24.8 Å². The van der Waals surface area contributed by atoms with E-state index in [9.17, 15) is 14.0 Å². The summed E-state index contributed by atoms with van der Waals surface area (Å²) in [5, 5.41) is 13.6. The van der Waals surface area contributed by atoms with Gasteiger partial charge in [-0.2, -0.15) is 5.10 Å². The van der Waals surface area contributed by atoms with Crippen LogP contribution in [0.4, 0.5) is 27.3 Å². The zero-order valence-corrected chi connectivity index (χ0v) is 25.3. The SMILES string of the molecule is Cc1ccc(C(=O)Nc2cc(F)cc(N3CCOCC3)c2)cc1Nc1ncnn2cc(C(=O)N[C@@H](C)c3ccccc3)c(C)c12. The lowest BCUT2D eigenvalue weighted by Crippen LogP contribution is -2.36. The number of nitrogens with zero attached hydrogens (tertiary/aromatic N) is 4. The van der Waals surface area contributed by atoms with E-state index in [0.717, 1.165) is 11.1 Å². The van der Waals surface area contributed by atoms with E-state index in [0.29, 0.717) is 71.4 Å². The first-order chi connectivity index (χ1) is 21.8. The quantitative estimate of drug-likeness (QED) is 0.204. The van der Waals surface area contributed by atoms with Gasteiger partial charge in [-0.05, 0) is 67.8 Å². The molecule has 0 bridgehead atoms. The molecule has 1 atom stereocenters. The van der Waals surface area contributed by atoms with Gasteiger partial charge in [0.2, 0.25) is 0 Å². The molecule has 2 amide bonds. The van der Waals surface area contributed by atoms with Gasteiger partial charge >= 0.3 is 0 Å². The Morgan fingerprint density at radius 2 is 1.76 bits per heavy atom. The number of nitrogens with one attached hydrogen (secondary N) is 3. The van der Waals surface area contributed by atoms with E-state index in [1.165, 1.54) is 18.5 Å². The standard InChI is InChI=1S/C34H34FN7O3/c1-21-9-10-25(33(43)39-27-16-26(35)17-28(18-27)41-11-13-45-14-12-41)15-30(21)40-32-31-22(2)29(19-42(31)37-20-36-32)34(44)38-23(3)24-7-5-4-6-8-24/h4-10,15-20,23H,11-14H2,1-3H3,(H,38,44)(H,39,43)(H,36,37,40)/t23-/m0/s1. The van der Waals surface area contributed by atoms with Crippen molar-refractivity contribution in [2.24, 2.45) is 0 Å². The van der Waals surface area contributed by atoms with Gasteiger partial charge in [0.1, 0.15) is 17.7 Å². The molecule has 45 heavy (non-hydrogen) atoms. The Morgan fingerprint density at radius 1 is 0.978 bits per heavy atom. The second-order valence-electron chi connectivity index (χ2n) is 11.1. The molecule has 0 radical (unpaired) electrons. The fourth-order valence-corrected chi connectivity index (χ4v) is 5.46. The van der Waals surface area contributed by atoms with Gasteiger partial charge in [-0.25, -0.2) is 13.9 Å². The summed E-state index contributed by atoms with van der Waals surface area (Å²) < 4.78 is 21.5. The highest BCUT2D eigenvalue weighted by molar-refractivity contribution is 6.05. The average molecular weight is 608 g/mol. The van der Waals surface area contributed by atoms with Gasteiger partial charge in [-0.3, -0.25) is 9.59 Å². The number of hydrogen-bond acceptors (Lipinski definition) is 7. The molecule has 0 unspecified atom stereocenters. The van der Waals surface area contributed by atoms with Crippen LogP contribution in [0.25, 0.3) is 5.52 Å². The van der Waals surface area contributed by atoms with Crippen LogP contribution in [0.2, 0.25) is 0 Å². The normalized spacial score (nSPS) is 13.8. The van der Waals surface area contributed by atoms with Crippen LogP contribution in [-0.4, -0.2) is 52.7 Å². The van der Waals surface area contributed by atoms with Crippen LogP contribution in [-0.2, 0) is 4.74 Å². The molecule has 0 saturated carbocycles. The number of anilines is 4. The smallest absolute Gasteiger partial charge is 0.255 e. The molecule has 2 aromatic heterocycles. The van der Waals surface area contributed by atoms with Crippen molar-refractivity contribution in [2.75, 3.05) is 41.8 Å². The molecule has 1 aliphatic heterocycles. The van der Waals surface area contributed by atoms with E-state index in [4.69, 9.17) is 4.74 Å². The van der Waals surface area contributed by atoms with Crippen LogP contribution in [0.15, 0.2) is 79.3 Å². The second-order valence-corrected chi connectivity index (χ2v) is 11.1. The van der Waals surface area contributed by atoms with E-state index in [1.54, 1.807) is 28.9 Å². The van der Waals surface area contributed by atoms with E-state index < -0.39 is 5.82 Å². The molecule has 3 heterocycles. The minimum atomic E-state index is -0.432. The van der Waals surface area contributed by atoms with Gasteiger partial charge in [-0.1, -0.05) is 36.4 Å². The van der Waals surface area contributed by atoms with Crippen LogP contribution < -0.4 is 20.9 Å². The fraction of sp³-hybridized carbons (Fsp3) is 0.235. The van der Waals surface area contributed by atoms with E-state index in [2.05, 4.69) is 26.0 Å². The molecular weight excluding hydrogens is 573 g/mol. The number of carbonyl (C=O) groups excluding carboxylic acids is 2. The number of rotatable bonds is 8. The summed E-state index contributed by atoms with van der Waals surface area (Å²) >= 11 is 0. The van der Waals surface area contributed by atoms with E-state index >= 15 is 0 Å². The van der Waals surface area contributed by atoms with Crippen LogP contribution in [0.5, 0.6) is 0 Å². The second kappa shape index (κ2) is 12.7. The number of amides is 2. The number of benzene rings is 3. The minimum Gasteiger partial charge on any atom is -0.378 e. The van der Waals surface area contributed by atoms with Gasteiger partial charge < -0.3 is 25.6 Å². The van der Waals surface area contributed by atoms with Gasteiger partial charge in [0.15, 0.2) is 5.82 Å². The van der Waals surface area contributed by atoms with Crippen molar-refractivity contribution in [1.82, 2.24) is 19.9 Å². The van der Waals surface area contributed by atoms with Crippen LogP contribution in [0.3, 0.4) is 0 Å². The molecule has 3 aromatic carbocycles. The third kappa shape index (κ3) is 6.48. The number of halogens is 1. The van der Waals surface area contributed by atoms with Crippen molar-refractivity contribution in [3.8, 4) is 0 Å². The van der Waals surface area contributed by atoms with Crippen LogP contribution >= 0.6 is 0 Å². The Morgan fingerprint density at radius 3 is 2.53 bits per heavy atom. The number of morpholine rings is 1. The Hall–Kier alpha value is -5.29. The first kappa shape index (κ1) is 29.8. The minimum absolute atomic E-state index is 0.181. The number of aryl methyl sites for hydroxylation is 2. The molecule has 10 nitrogen and oxygen atoms in total. The van der Waals surface area contributed by atoms with Crippen molar-refractivity contribution in [3.05, 3.63) is 113 Å². The number of ether oxygens (including phenoxy) is 1. The largest absolute Gasteiger partial charge is 0.378 e. The van der Waals surface area contributed by atoms with Crippen LogP contribution in [0, 0.1) is 19.7 Å². The third-order valence-corrected chi connectivity index (χ3v) is 7.99. The van der Waals surface area contributed by atoms with Crippen molar-refractivity contribution in [3.63, 3.8) is 0 Å². The Balaban J connectivity index is 1.22. The molecule has 1 saturated heterocycles. The maximum absolute atomic E-state index is 14.5. The molecular formula is C34H34FN7O3. The zero-order valence-electron chi connectivity index (χ0n) is 25.3. The Labute approximate surface area is 260 Å². The summed E-state index contributed by atoms with van der Waals surface area (Å²) in [5.74, 6) is -0.545. The molecule has 0 aliphatic carbocycles. The van der Waals surface area contributed by atoms with Crippen molar-refractivity contribution < 1.29 is 18.7 Å². The summed E-state index contributed by atoms with van der Waals surface area (Å²) in [4.78, 5) is 33.1. The molecule has 6 rings (SSSR count). The fourth-order valence-electron chi connectivity index (χ4n) is 5.46. The van der Waals surface area contributed by atoms with Crippen LogP contribution in [0.1, 0.15) is 50.4 Å². The maximum Gasteiger partial charge on any atom is 0.255 e. The number of carbonyl (C=O) groups is 2. The Bertz CT molecular complexity index is 1870. The molecule has 230 valence electrons. The molecule has 1 fully saturated rings. The predicted molar refractivity (Wildman–Crippen MR) is 172 cm³/mol. The number of aromatic nitrogens is 3. The predicted octanol–water partition coefficient (Wildman–Crippen LogP) is 5.81. The molecule has 1 aliphatic rings. The van der Waals surface area contributed by atoms with E-state index in [-0.39, 0.29) is 17.9 Å².